The van der Waals surface area contributed by atoms with Crippen LogP contribution in [0.25, 0.3) is 22.4 Å². The minimum atomic E-state index is -1.64. The van der Waals surface area contributed by atoms with E-state index in [1.54, 1.807) is 24.3 Å². The van der Waals surface area contributed by atoms with E-state index in [1.807, 2.05) is 42.5 Å². The number of benzene rings is 3. The fourth-order valence-electron chi connectivity index (χ4n) is 3.88. The number of hydrogen-bond acceptors (Lipinski definition) is 5. The summed E-state index contributed by atoms with van der Waals surface area (Å²) in [5, 5.41) is 39.3. The number of hydrogen-bond donors (Lipinski definition) is 5. The molecule has 4 rings (SSSR count). The molecular weight excluding hydrogens is 482 g/mol. The van der Waals surface area contributed by atoms with E-state index in [2.05, 4.69) is 15.5 Å². The fraction of sp³-hybridized carbons (Fsp3) is 0.148. The first-order valence-electron chi connectivity index (χ1n) is 11.2. The van der Waals surface area contributed by atoms with Gasteiger partial charge in [0.25, 0.3) is 5.91 Å². The topological polar surface area (TPSA) is 136 Å². The van der Waals surface area contributed by atoms with Gasteiger partial charge in [-0.3, -0.25) is 9.89 Å². The van der Waals surface area contributed by atoms with Gasteiger partial charge in [0.05, 0.1) is 5.69 Å². The molecule has 8 nitrogen and oxygen atoms in total. The highest BCUT2D eigenvalue weighted by Gasteiger charge is 2.23. The minimum absolute atomic E-state index is 0.0274. The number of aromatic amines is 1. The molecule has 36 heavy (non-hydrogen) atoms. The Hall–Kier alpha value is -4.14. The first-order valence-corrected chi connectivity index (χ1v) is 11.6. The van der Waals surface area contributed by atoms with Crippen molar-refractivity contribution in [2.75, 3.05) is 0 Å². The third kappa shape index (κ3) is 6.10. The first kappa shape index (κ1) is 25.0. The lowest BCUT2D eigenvalue weighted by Gasteiger charge is -2.20. The molecule has 2 unspecified atom stereocenters. The molecule has 0 bridgehead atoms. The number of aromatic nitrogens is 2. The van der Waals surface area contributed by atoms with Crippen LogP contribution in [0.4, 0.5) is 0 Å². The average Bonchev–Trinajstić information content (AvgIpc) is 3.35. The second kappa shape index (κ2) is 11.1. The highest BCUT2D eigenvalue weighted by Crippen LogP contribution is 2.27. The van der Waals surface area contributed by atoms with Crippen molar-refractivity contribution >= 4 is 23.5 Å². The fourth-order valence-corrected chi connectivity index (χ4v) is 4.07. The van der Waals surface area contributed by atoms with Gasteiger partial charge in [-0.2, -0.15) is 5.10 Å². The summed E-state index contributed by atoms with van der Waals surface area (Å²) >= 11 is 6.08. The standard InChI is InChI=1S/C27H24ClN3O5/c28-19-5-3-4-18(13-19)17-10-8-16(9-11-17)12-20(14-25(33)27(35)36)29-26(34)23-15-22(30-31-23)21-6-1-2-7-24(21)32/h1-11,13,15,20,25,32-33H,12,14H2,(H,29,34)(H,30,31)(H,35,36). The molecule has 184 valence electrons. The number of H-pyrrole nitrogens is 1. The molecule has 1 amide bonds. The monoisotopic (exact) mass is 505 g/mol. The van der Waals surface area contributed by atoms with Crippen LogP contribution in [-0.4, -0.2) is 49.5 Å². The van der Waals surface area contributed by atoms with Crippen LogP contribution in [0.5, 0.6) is 5.75 Å². The number of nitrogens with zero attached hydrogens (tertiary/aromatic N) is 1. The largest absolute Gasteiger partial charge is 0.507 e. The van der Waals surface area contributed by atoms with Crippen LogP contribution >= 0.6 is 11.6 Å². The summed E-state index contributed by atoms with van der Waals surface area (Å²) in [6, 6.07) is 22.5. The third-order valence-electron chi connectivity index (χ3n) is 5.72. The number of aromatic hydroxyl groups is 1. The van der Waals surface area contributed by atoms with E-state index < -0.39 is 24.0 Å². The molecule has 0 aliphatic carbocycles. The summed E-state index contributed by atoms with van der Waals surface area (Å²) in [4.78, 5) is 24.2. The van der Waals surface area contributed by atoms with Gasteiger partial charge < -0.3 is 20.6 Å². The van der Waals surface area contributed by atoms with Crippen molar-refractivity contribution in [2.45, 2.75) is 25.0 Å². The number of phenols is 1. The van der Waals surface area contributed by atoms with E-state index in [0.717, 1.165) is 16.7 Å². The summed E-state index contributed by atoms with van der Waals surface area (Å²) in [5.41, 5.74) is 3.76. The van der Waals surface area contributed by atoms with Crippen molar-refractivity contribution in [3.8, 4) is 28.1 Å². The predicted octanol–water partition coefficient (Wildman–Crippen LogP) is 4.28. The van der Waals surface area contributed by atoms with E-state index in [0.29, 0.717) is 22.7 Å². The van der Waals surface area contributed by atoms with Gasteiger partial charge in [-0.25, -0.2) is 4.79 Å². The Morgan fingerprint density at radius 3 is 2.42 bits per heavy atom. The highest BCUT2D eigenvalue weighted by atomic mass is 35.5. The molecular formula is C27H24ClN3O5. The van der Waals surface area contributed by atoms with Crippen molar-refractivity contribution in [3.05, 3.63) is 95.1 Å². The number of rotatable bonds is 9. The van der Waals surface area contributed by atoms with E-state index in [1.165, 1.54) is 12.1 Å². The summed E-state index contributed by atoms with van der Waals surface area (Å²) < 4.78 is 0. The molecule has 0 saturated carbocycles. The van der Waals surface area contributed by atoms with Crippen LogP contribution in [0.15, 0.2) is 78.9 Å². The molecule has 0 radical (unpaired) electrons. The number of amides is 1. The maximum absolute atomic E-state index is 12.9. The van der Waals surface area contributed by atoms with Gasteiger partial charge in [-0.05, 0) is 53.4 Å². The van der Waals surface area contributed by atoms with Gasteiger partial charge in [0, 0.05) is 23.0 Å². The average molecular weight is 506 g/mol. The second-order valence-corrected chi connectivity index (χ2v) is 8.79. The molecule has 4 aromatic rings. The van der Waals surface area contributed by atoms with Crippen LogP contribution in [0.3, 0.4) is 0 Å². The van der Waals surface area contributed by atoms with E-state index >= 15 is 0 Å². The van der Waals surface area contributed by atoms with Crippen LogP contribution in [-0.2, 0) is 11.2 Å². The van der Waals surface area contributed by atoms with Crippen molar-refractivity contribution in [3.63, 3.8) is 0 Å². The molecule has 1 aromatic heterocycles. The summed E-state index contributed by atoms with van der Waals surface area (Å²) in [5.74, 6) is -1.85. The maximum atomic E-state index is 12.9. The maximum Gasteiger partial charge on any atom is 0.332 e. The number of aliphatic hydroxyl groups is 1. The van der Waals surface area contributed by atoms with Gasteiger partial charge in [0.1, 0.15) is 11.4 Å². The van der Waals surface area contributed by atoms with Crippen LogP contribution in [0, 0.1) is 0 Å². The number of nitrogens with one attached hydrogen (secondary N) is 2. The molecule has 5 N–H and O–H groups in total. The minimum Gasteiger partial charge on any atom is -0.507 e. The lowest BCUT2D eigenvalue weighted by Crippen LogP contribution is -2.40. The second-order valence-electron chi connectivity index (χ2n) is 8.36. The molecule has 0 fully saturated rings. The molecule has 0 spiro atoms. The van der Waals surface area contributed by atoms with Gasteiger partial charge in [-0.1, -0.05) is 60.1 Å². The van der Waals surface area contributed by atoms with Gasteiger partial charge in [0.2, 0.25) is 0 Å². The Balaban J connectivity index is 1.50. The number of carbonyl (C=O) groups excluding carboxylic acids is 1. The van der Waals surface area contributed by atoms with E-state index in [9.17, 15) is 24.9 Å². The number of phenolic OH excluding ortho intramolecular Hbond substituents is 1. The number of aliphatic carboxylic acids is 1. The van der Waals surface area contributed by atoms with Crippen LogP contribution in [0.2, 0.25) is 5.02 Å². The SMILES string of the molecule is O=C(NC(Cc1ccc(-c2cccc(Cl)c2)cc1)CC(O)C(=O)O)c1cc(-c2ccccc2O)n[nH]1. The smallest absolute Gasteiger partial charge is 0.332 e. The Labute approximate surface area is 212 Å². The highest BCUT2D eigenvalue weighted by molar-refractivity contribution is 6.30. The molecule has 2 atom stereocenters. The zero-order chi connectivity index (χ0) is 25.7. The van der Waals surface area contributed by atoms with Gasteiger partial charge in [0.15, 0.2) is 6.10 Å². The quantitative estimate of drug-likeness (QED) is 0.230. The molecule has 0 aliphatic rings. The number of aliphatic hydroxyl groups excluding tert-OH is 1. The Bertz CT molecular complexity index is 1370. The third-order valence-corrected chi connectivity index (χ3v) is 5.96. The van der Waals surface area contributed by atoms with E-state index in [4.69, 9.17) is 11.6 Å². The van der Waals surface area contributed by atoms with Crippen molar-refractivity contribution in [1.29, 1.82) is 0 Å². The van der Waals surface area contributed by atoms with E-state index in [-0.39, 0.29) is 17.9 Å². The predicted molar refractivity (Wildman–Crippen MR) is 136 cm³/mol. The number of carboxylic acid groups (broad SMARTS) is 1. The zero-order valence-corrected chi connectivity index (χ0v) is 19.8. The number of carboxylic acids is 1. The summed E-state index contributed by atoms with van der Waals surface area (Å²) in [6.07, 6.45) is -1.52. The van der Waals surface area contributed by atoms with Gasteiger partial charge >= 0.3 is 5.97 Å². The van der Waals surface area contributed by atoms with Crippen molar-refractivity contribution in [1.82, 2.24) is 15.5 Å². The normalized spacial score (nSPS) is 12.6. The molecule has 1 heterocycles. The number of carbonyl (C=O) groups is 2. The Morgan fingerprint density at radius 2 is 1.72 bits per heavy atom. The Kier molecular flexibility index (Phi) is 7.68. The van der Waals surface area contributed by atoms with Crippen LogP contribution in [0.1, 0.15) is 22.5 Å². The number of para-hydroxylation sites is 1. The number of halogens is 1. The summed E-state index contributed by atoms with van der Waals surface area (Å²) in [6.45, 7) is 0. The molecule has 0 aliphatic heterocycles. The molecule has 0 saturated heterocycles. The lowest BCUT2D eigenvalue weighted by atomic mass is 9.97. The van der Waals surface area contributed by atoms with Crippen LogP contribution < -0.4 is 5.32 Å². The summed E-state index contributed by atoms with van der Waals surface area (Å²) in [7, 11) is 0. The van der Waals surface area contributed by atoms with Crippen molar-refractivity contribution < 1.29 is 24.9 Å². The van der Waals surface area contributed by atoms with Crippen molar-refractivity contribution in [2.24, 2.45) is 0 Å². The van der Waals surface area contributed by atoms with Gasteiger partial charge in [-0.15, -0.1) is 0 Å². The lowest BCUT2D eigenvalue weighted by molar-refractivity contribution is -0.147. The zero-order valence-electron chi connectivity index (χ0n) is 19.1. The molecule has 9 heteroatoms. The first-order chi connectivity index (χ1) is 17.3. The Morgan fingerprint density at radius 1 is 0.972 bits per heavy atom. The molecule has 3 aromatic carbocycles.